The number of hydrogen-bond donors (Lipinski definition) is 2. The molecule has 112 valence electrons. The van der Waals surface area contributed by atoms with Gasteiger partial charge in [0.2, 0.25) is 5.91 Å². The summed E-state index contributed by atoms with van der Waals surface area (Å²) in [6.07, 6.45) is 1.35. The summed E-state index contributed by atoms with van der Waals surface area (Å²) in [5, 5.41) is 19.8. The Morgan fingerprint density at radius 3 is 2.76 bits per heavy atom. The van der Waals surface area contributed by atoms with E-state index in [0.29, 0.717) is 12.4 Å². The Kier molecular flexibility index (Phi) is 4.06. The SMILES string of the molecule is CCn1nc(NC(=O)C(C)n2nccc2C(=O)O)cc1C. The molecule has 0 aliphatic heterocycles. The number of aromatic carboxylic acids is 1. The lowest BCUT2D eigenvalue weighted by atomic mass is 10.3. The average Bonchev–Trinajstić information content (AvgIpc) is 3.04. The fraction of sp³-hybridized carbons (Fsp3) is 0.385. The Bertz CT molecular complexity index is 673. The zero-order valence-electron chi connectivity index (χ0n) is 12.1. The summed E-state index contributed by atoms with van der Waals surface area (Å²) in [4.78, 5) is 23.2. The second-order valence-electron chi connectivity index (χ2n) is 4.62. The number of anilines is 1. The molecular weight excluding hydrogens is 274 g/mol. The van der Waals surface area contributed by atoms with E-state index in [9.17, 15) is 9.59 Å². The highest BCUT2D eigenvalue weighted by Gasteiger charge is 2.22. The van der Waals surface area contributed by atoms with Gasteiger partial charge in [-0.1, -0.05) is 0 Å². The monoisotopic (exact) mass is 291 g/mol. The van der Waals surface area contributed by atoms with Gasteiger partial charge < -0.3 is 10.4 Å². The normalized spacial score (nSPS) is 12.1. The summed E-state index contributed by atoms with van der Waals surface area (Å²) >= 11 is 0. The smallest absolute Gasteiger partial charge is 0.354 e. The van der Waals surface area contributed by atoms with Gasteiger partial charge in [-0.3, -0.25) is 9.48 Å². The van der Waals surface area contributed by atoms with E-state index in [1.54, 1.807) is 17.7 Å². The van der Waals surface area contributed by atoms with Crippen molar-refractivity contribution in [2.45, 2.75) is 33.4 Å². The maximum atomic E-state index is 12.2. The molecule has 0 radical (unpaired) electrons. The maximum Gasteiger partial charge on any atom is 0.354 e. The molecule has 8 nitrogen and oxygen atoms in total. The molecule has 0 aliphatic carbocycles. The van der Waals surface area contributed by atoms with Crippen molar-refractivity contribution in [3.8, 4) is 0 Å². The lowest BCUT2D eigenvalue weighted by Crippen LogP contribution is -2.27. The molecule has 2 aromatic rings. The van der Waals surface area contributed by atoms with E-state index >= 15 is 0 Å². The minimum atomic E-state index is -1.13. The number of nitrogens with one attached hydrogen (secondary N) is 1. The molecule has 1 atom stereocenters. The third-order valence-electron chi connectivity index (χ3n) is 3.17. The Morgan fingerprint density at radius 2 is 2.19 bits per heavy atom. The van der Waals surface area contributed by atoms with E-state index in [4.69, 9.17) is 5.11 Å². The highest BCUT2D eigenvalue weighted by Crippen LogP contribution is 2.14. The van der Waals surface area contributed by atoms with Crippen molar-refractivity contribution in [2.24, 2.45) is 0 Å². The number of aryl methyl sites for hydroxylation is 2. The van der Waals surface area contributed by atoms with Crippen molar-refractivity contribution < 1.29 is 14.7 Å². The number of carboxylic acid groups (broad SMARTS) is 1. The molecule has 0 bridgehead atoms. The molecule has 8 heteroatoms. The van der Waals surface area contributed by atoms with Crippen LogP contribution < -0.4 is 5.32 Å². The molecule has 21 heavy (non-hydrogen) atoms. The summed E-state index contributed by atoms with van der Waals surface area (Å²) in [7, 11) is 0. The number of aromatic nitrogens is 4. The van der Waals surface area contributed by atoms with Crippen molar-refractivity contribution in [3.63, 3.8) is 0 Å². The molecule has 2 aromatic heterocycles. The van der Waals surface area contributed by atoms with Crippen molar-refractivity contribution in [1.29, 1.82) is 0 Å². The third kappa shape index (κ3) is 2.93. The largest absolute Gasteiger partial charge is 0.477 e. The molecule has 0 saturated heterocycles. The standard InChI is InChI=1S/C13H17N5O3/c1-4-17-8(2)7-11(16-17)15-12(19)9(3)18-10(13(20)21)5-6-14-18/h5-7,9H,4H2,1-3H3,(H,20,21)(H,15,16,19). The molecular formula is C13H17N5O3. The second-order valence-corrected chi connectivity index (χ2v) is 4.62. The van der Waals surface area contributed by atoms with Gasteiger partial charge in [0.1, 0.15) is 11.7 Å². The lowest BCUT2D eigenvalue weighted by molar-refractivity contribution is -0.119. The topological polar surface area (TPSA) is 102 Å². The van der Waals surface area contributed by atoms with E-state index in [1.165, 1.54) is 16.9 Å². The minimum absolute atomic E-state index is 0.0343. The molecule has 0 fully saturated rings. The van der Waals surface area contributed by atoms with Gasteiger partial charge >= 0.3 is 5.97 Å². The Labute approximate surface area is 121 Å². The molecule has 0 saturated carbocycles. The van der Waals surface area contributed by atoms with Gasteiger partial charge in [-0.25, -0.2) is 9.48 Å². The molecule has 0 spiro atoms. The van der Waals surface area contributed by atoms with Crippen LogP contribution in [0.2, 0.25) is 0 Å². The molecule has 0 aromatic carbocycles. The minimum Gasteiger partial charge on any atom is -0.477 e. The first-order chi connectivity index (χ1) is 9.93. The highest BCUT2D eigenvalue weighted by molar-refractivity contribution is 5.93. The summed E-state index contributed by atoms with van der Waals surface area (Å²) in [5.41, 5.74) is 0.902. The lowest BCUT2D eigenvalue weighted by Gasteiger charge is -2.13. The zero-order chi connectivity index (χ0) is 15.6. The number of amides is 1. The Morgan fingerprint density at radius 1 is 1.48 bits per heavy atom. The van der Waals surface area contributed by atoms with Crippen molar-refractivity contribution in [3.05, 3.63) is 29.7 Å². The predicted octanol–water partition coefficient (Wildman–Crippen LogP) is 1.31. The van der Waals surface area contributed by atoms with Crippen LogP contribution in [0.15, 0.2) is 18.3 Å². The number of carbonyl (C=O) groups excluding carboxylic acids is 1. The fourth-order valence-corrected chi connectivity index (χ4v) is 2.03. The van der Waals surface area contributed by atoms with Crippen LogP contribution >= 0.6 is 0 Å². The fourth-order valence-electron chi connectivity index (χ4n) is 2.03. The van der Waals surface area contributed by atoms with Crippen LogP contribution in [-0.2, 0) is 11.3 Å². The summed E-state index contributed by atoms with van der Waals surface area (Å²) in [6, 6.07) is 2.36. The number of rotatable bonds is 5. The first kappa shape index (κ1) is 14.8. The Hall–Kier alpha value is -2.64. The van der Waals surface area contributed by atoms with Crippen LogP contribution in [0.1, 0.15) is 36.1 Å². The van der Waals surface area contributed by atoms with Crippen molar-refractivity contribution >= 4 is 17.7 Å². The third-order valence-corrected chi connectivity index (χ3v) is 3.17. The van der Waals surface area contributed by atoms with Gasteiger partial charge in [0.25, 0.3) is 0 Å². The Balaban J connectivity index is 2.15. The van der Waals surface area contributed by atoms with Crippen LogP contribution in [0, 0.1) is 6.92 Å². The van der Waals surface area contributed by atoms with Crippen molar-refractivity contribution in [2.75, 3.05) is 5.32 Å². The van der Waals surface area contributed by atoms with E-state index in [1.807, 2.05) is 13.8 Å². The first-order valence-electron chi connectivity index (χ1n) is 6.56. The van der Waals surface area contributed by atoms with Gasteiger partial charge in [0, 0.05) is 24.5 Å². The van der Waals surface area contributed by atoms with Gasteiger partial charge in [0.15, 0.2) is 5.82 Å². The highest BCUT2D eigenvalue weighted by atomic mass is 16.4. The number of carboxylic acids is 1. The van der Waals surface area contributed by atoms with Crippen LogP contribution in [0.25, 0.3) is 0 Å². The van der Waals surface area contributed by atoms with Crippen LogP contribution in [0.5, 0.6) is 0 Å². The average molecular weight is 291 g/mol. The van der Waals surface area contributed by atoms with E-state index in [0.717, 1.165) is 5.69 Å². The van der Waals surface area contributed by atoms with E-state index in [2.05, 4.69) is 15.5 Å². The van der Waals surface area contributed by atoms with Gasteiger partial charge in [-0.2, -0.15) is 10.2 Å². The van der Waals surface area contributed by atoms with Gasteiger partial charge in [-0.15, -0.1) is 0 Å². The zero-order valence-corrected chi connectivity index (χ0v) is 12.1. The van der Waals surface area contributed by atoms with Crippen LogP contribution in [0.3, 0.4) is 0 Å². The second kappa shape index (κ2) is 5.78. The van der Waals surface area contributed by atoms with Crippen LogP contribution in [-0.4, -0.2) is 36.5 Å². The molecule has 1 amide bonds. The van der Waals surface area contributed by atoms with Crippen LogP contribution in [0.4, 0.5) is 5.82 Å². The predicted molar refractivity (Wildman–Crippen MR) is 75.2 cm³/mol. The maximum absolute atomic E-state index is 12.2. The quantitative estimate of drug-likeness (QED) is 0.864. The van der Waals surface area contributed by atoms with Crippen molar-refractivity contribution in [1.82, 2.24) is 19.6 Å². The molecule has 0 aliphatic rings. The van der Waals surface area contributed by atoms with Gasteiger partial charge in [-0.05, 0) is 26.8 Å². The summed E-state index contributed by atoms with van der Waals surface area (Å²) < 4.78 is 2.93. The number of nitrogens with zero attached hydrogens (tertiary/aromatic N) is 4. The van der Waals surface area contributed by atoms with Gasteiger partial charge in [0.05, 0.1) is 0 Å². The summed E-state index contributed by atoms with van der Waals surface area (Å²) in [6.45, 7) is 6.14. The number of hydrogen-bond acceptors (Lipinski definition) is 4. The molecule has 2 N–H and O–H groups in total. The molecule has 2 rings (SSSR count). The first-order valence-corrected chi connectivity index (χ1v) is 6.56. The van der Waals surface area contributed by atoms with E-state index < -0.39 is 12.0 Å². The molecule has 1 unspecified atom stereocenters. The number of carbonyl (C=O) groups is 2. The summed E-state index contributed by atoms with van der Waals surface area (Å²) in [5.74, 6) is -1.06. The molecule has 2 heterocycles. The van der Waals surface area contributed by atoms with E-state index in [-0.39, 0.29) is 11.6 Å².